The highest BCUT2D eigenvalue weighted by molar-refractivity contribution is 8.01. The number of para-hydroxylation sites is 1. The highest BCUT2D eigenvalue weighted by Crippen LogP contribution is 2.42. The van der Waals surface area contributed by atoms with Gasteiger partial charge in [0.2, 0.25) is 0 Å². The summed E-state index contributed by atoms with van der Waals surface area (Å²) in [7, 11) is 0. The van der Waals surface area contributed by atoms with Gasteiger partial charge in [-0.3, -0.25) is 0 Å². The summed E-state index contributed by atoms with van der Waals surface area (Å²) in [6.45, 7) is 6.11. The fraction of sp³-hybridized carbons (Fsp3) is 0.176. The average molecular weight is 612 g/mol. The zero-order valence-corrected chi connectivity index (χ0v) is 25.9. The van der Waals surface area contributed by atoms with E-state index in [1.165, 1.54) is 47.0 Å². The zero-order chi connectivity index (χ0) is 28.2. The lowest BCUT2D eigenvalue weighted by Gasteiger charge is -2.31. The van der Waals surface area contributed by atoms with Crippen molar-refractivity contribution >= 4 is 82.6 Å². The molecule has 0 radical (unpaired) electrons. The standard InChI is InChI=1S/C34H29NO2S4/c1-3-31(36)37-20-34(4-2,22-39-33-35-28-16-6-8-18-30(28)41-33)21-38-24-12-9-11-23(19-24)25-14-10-15-27-26-13-5-7-17-29(26)40-32(25)27/h3,5-19H,1,4,20-22H2,2H3. The number of rotatable bonds is 11. The zero-order valence-electron chi connectivity index (χ0n) is 22.7. The van der Waals surface area contributed by atoms with E-state index in [9.17, 15) is 4.79 Å². The molecule has 4 aromatic carbocycles. The van der Waals surface area contributed by atoms with Crippen molar-refractivity contribution in [2.45, 2.75) is 22.6 Å². The Morgan fingerprint density at radius 1 is 0.902 bits per heavy atom. The molecule has 0 saturated heterocycles. The molecule has 1 unspecified atom stereocenters. The molecule has 0 saturated carbocycles. The van der Waals surface area contributed by atoms with Crippen molar-refractivity contribution in [3.8, 4) is 11.1 Å². The highest BCUT2D eigenvalue weighted by Gasteiger charge is 2.31. The van der Waals surface area contributed by atoms with Gasteiger partial charge in [-0.15, -0.1) is 34.4 Å². The number of esters is 1. The Morgan fingerprint density at radius 3 is 2.49 bits per heavy atom. The molecule has 0 fully saturated rings. The summed E-state index contributed by atoms with van der Waals surface area (Å²) in [6.07, 6.45) is 2.12. The lowest BCUT2D eigenvalue weighted by molar-refractivity contribution is -0.140. The Morgan fingerprint density at radius 2 is 1.66 bits per heavy atom. The van der Waals surface area contributed by atoms with Gasteiger partial charge in [0.25, 0.3) is 0 Å². The molecule has 41 heavy (non-hydrogen) atoms. The van der Waals surface area contributed by atoms with Crippen molar-refractivity contribution in [1.29, 1.82) is 0 Å². The van der Waals surface area contributed by atoms with Crippen molar-refractivity contribution in [2.75, 3.05) is 18.1 Å². The SMILES string of the molecule is C=CC(=O)OCC(CC)(CSc1cccc(-c2cccc3c2sc2ccccc23)c1)CSc1nc2ccccc2s1. The lowest BCUT2D eigenvalue weighted by atomic mass is 9.91. The molecule has 0 aliphatic carbocycles. The summed E-state index contributed by atoms with van der Waals surface area (Å²) >= 11 is 7.15. The van der Waals surface area contributed by atoms with Crippen LogP contribution < -0.4 is 0 Å². The van der Waals surface area contributed by atoms with Crippen molar-refractivity contribution in [3.05, 3.63) is 104 Å². The summed E-state index contributed by atoms with van der Waals surface area (Å²) in [5.41, 5.74) is 3.29. The van der Waals surface area contributed by atoms with E-state index in [0.29, 0.717) is 6.61 Å². The summed E-state index contributed by atoms with van der Waals surface area (Å²) < 4.78 is 10.5. The van der Waals surface area contributed by atoms with E-state index in [2.05, 4.69) is 92.4 Å². The Labute approximate surface area is 256 Å². The van der Waals surface area contributed by atoms with E-state index in [0.717, 1.165) is 27.8 Å². The Balaban J connectivity index is 1.25. The van der Waals surface area contributed by atoms with Crippen LogP contribution in [-0.2, 0) is 9.53 Å². The van der Waals surface area contributed by atoms with Gasteiger partial charge in [-0.25, -0.2) is 9.78 Å². The van der Waals surface area contributed by atoms with Crippen LogP contribution in [0.5, 0.6) is 0 Å². The molecule has 6 rings (SSSR count). The Hall–Kier alpha value is -3.10. The maximum absolute atomic E-state index is 12.1. The van der Waals surface area contributed by atoms with Crippen LogP contribution in [0.3, 0.4) is 0 Å². The van der Waals surface area contributed by atoms with Crippen LogP contribution in [-0.4, -0.2) is 29.1 Å². The molecule has 6 aromatic rings. The number of thioether (sulfide) groups is 2. The van der Waals surface area contributed by atoms with E-state index in [1.54, 1.807) is 23.1 Å². The first-order valence-electron chi connectivity index (χ1n) is 13.5. The largest absolute Gasteiger partial charge is 0.462 e. The number of benzene rings is 4. The predicted molar refractivity (Wildman–Crippen MR) is 180 cm³/mol. The molecule has 0 bridgehead atoms. The van der Waals surface area contributed by atoms with Crippen LogP contribution in [0.25, 0.3) is 41.5 Å². The number of aromatic nitrogens is 1. The number of carbonyl (C=O) groups excluding carboxylic acids is 1. The van der Waals surface area contributed by atoms with Gasteiger partial charge in [0.05, 0.1) is 16.8 Å². The van der Waals surface area contributed by atoms with Crippen LogP contribution in [0.2, 0.25) is 0 Å². The second-order valence-electron chi connectivity index (χ2n) is 10.00. The molecule has 7 heteroatoms. The Kier molecular flexibility index (Phi) is 8.49. The van der Waals surface area contributed by atoms with E-state index in [1.807, 2.05) is 35.2 Å². The summed E-state index contributed by atoms with van der Waals surface area (Å²) in [5.74, 6) is 1.25. The fourth-order valence-corrected chi connectivity index (χ4v) is 9.78. The van der Waals surface area contributed by atoms with Crippen LogP contribution in [0, 0.1) is 5.41 Å². The maximum atomic E-state index is 12.1. The third-order valence-corrected chi connectivity index (χ3v) is 12.4. The van der Waals surface area contributed by atoms with Crippen molar-refractivity contribution < 1.29 is 9.53 Å². The number of fused-ring (bicyclic) bond motifs is 4. The van der Waals surface area contributed by atoms with Crippen LogP contribution in [0.1, 0.15) is 13.3 Å². The predicted octanol–water partition coefficient (Wildman–Crippen LogP) is 10.3. The molecule has 1 atom stereocenters. The number of nitrogens with zero attached hydrogens (tertiary/aromatic N) is 1. The monoisotopic (exact) mass is 611 g/mol. The number of hydrogen-bond donors (Lipinski definition) is 0. The molecule has 2 heterocycles. The minimum absolute atomic E-state index is 0.215. The van der Waals surface area contributed by atoms with Gasteiger partial charge < -0.3 is 4.74 Å². The number of ether oxygens (including phenoxy) is 1. The molecule has 0 amide bonds. The molecule has 0 spiro atoms. The second-order valence-corrected chi connectivity index (χ2v) is 14.4. The van der Waals surface area contributed by atoms with Gasteiger partial charge in [0, 0.05) is 48.1 Å². The molecule has 206 valence electrons. The fourth-order valence-electron chi connectivity index (χ4n) is 4.81. The van der Waals surface area contributed by atoms with Crippen molar-refractivity contribution in [2.24, 2.45) is 5.41 Å². The number of thiophene rings is 1. The average Bonchev–Trinajstić information content (AvgIpc) is 3.62. The topological polar surface area (TPSA) is 39.2 Å². The first kappa shape index (κ1) is 28.0. The van der Waals surface area contributed by atoms with Gasteiger partial charge >= 0.3 is 5.97 Å². The molecule has 2 aromatic heterocycles. The van der Waals surface area contributed by atoms with Gasteiger partial charge in [-0.2, -0.15) is 0 Å². The third kappa shape index (κ3) is 6.09. The van der Waals surface area contributed by atoms with Crippen LogP contribution in [0.4, 0.5) is 0 Å². The van der Waals surface area contributed by atoms with Crippen LogP contribution in [0.15, 0.2) is 113 Å². The van der Waals surface area contributed by atoms with Crippen molar-refractivity contribution in [1.82, 2.24) is 4.98 Å². The minimum Gasteiger partial charge on any atom is -0.462 e. The first-order chi connectivity index (χ1) is 20.1. The normalized spacial score (nSPS) is 13.0. The minimum atomic E-state index is -0.378. The van der Waals surface area contributed by atoms with Gasteiger partial charge in [0.15, 0.2) is 4.34 Å². The number of thiazole rings is 1. The summed E-state index contributed by atoms with van der Waals surface area (Å²) in [5, 5.41) is 2.62. The van der Waals surface area contributed by atoms with E-state index < -0.39 is 0 Å². The smallest absolute Gasteiger partial charge is 0.330 e. The first-order valence-corrected chi connectivity index (χ1v) is 17.1. The lowest BCUT2D eigenvalue weighted by Crippen LogP contribution is -2.33. The number of carbonyl (C=O) groups is 1. The summed E-state index contributed by atoms with van der Waals surface area (Å²) in [6, 6.07) is 32.3. The Bertz CT molecular complexity index is 1820. The molecular weight excluding hydrogens is 583 g/mol. The molecular formula is C34H29NO2S4. The summed E-state index contributed by atoms with van der Waals surface area (Å²) in [4.78, 5) is 18.1. The van der Waals surface area contributed by atoms with Crippen molar-refractivity contribution in [3.63, 3.8) is 0 Å². The quantitative estimate of drug-likeness (QED) is 0.0828. The van der Waals surface area contributed by atoms with Crippen LogP contribution >= 0.6 is 46.2 Å². The molecule has 3 nitrogen and oxygen atoms in total. The van der Waals surface area contributed by atoms with E-state index >= 15 is 0 Å². The molecule has 0 aliphatic rings. The molecule has 0 aliphatic heterocycles. The molecule has 0 N–H and O–H groups in total. The third-order valence-electron chi connectivity index (χ3n) is 7.31. The van der Waals surface area contributed by atoms with E-state index in [-0.39, 0.29) is 11.4 Å². The maximum Gasteiger partial charge on any atom is 0.330 e. The van der Waals surface area contributed by atoms with E-state index in [4.69, 9.17) is 9.72 Å². The van der Waals surface area contributed by atoms with Gasteiger partial charge in [-0.1, -0.05) is 85.9 Å². The number of hydrogen-bond acceptors (Lipinski definition) is 7. The highest BCUT2D eigenvalue weighted by atomic mass is 32.2. The second kappa shape index (κ2) is 12.4. The van der Waals surface area contributed by atoms with Gasteiger partial charge in [0.1, 0.15) is 0 Å². The van der Waals surface area contributed by atoms with Gasteiger partial charge in [-0.05, 0) is 47.9 Å².